The highest BCUT2D eigenvalue weighted by Crippen LogP contribution is 2.41. The second-order valence-corrected chi connectivity index (χ2v) is 5.64. The summed E-state index contributed by atoms with van der Waals surface area (Å²) in [5, 5.41) is 0. The van der Waals surface area contributed by atoms with Crippen molar-refractivity contribution < 1.29 is 0 Å². The standard InChI is InChI=1S/C13H26N2/c1-3-11-5-4-8-13(9-11,10-14)15(2)12-6-7-12/h11-12H,3-10,14H2,1-2H3. The van der Waals surface area contributed by atoms with Crippen LogP contribution in [0.1, 0.15) is 51.9 Å². The van der Waals surface area contributed by atoms with E-state index in [-0.39, 0.29) is 0 Å². The van der Waals surface area contributed by atoms with E-state index in [1.807, 2.05) is 0 Å². The molecule has 0 bridgehead atoms. The monoisotopic (exact) mass is 210 g/mol. The minimum atomic E-state index is 0.347. The molecule has 2 nitrogen and oxygen atoms in total. The van der Waals surface area contributed by atoms with Crippen LogP contribution in [0.4, 0.5) is 0 Å². The fraction of sp³-hybridized carbons (Fsp3) is 1.00. The van der Waals surface area contributed by atoms with Crippen LogP contribution in [-0.4, -0.2) is 30.1 Å². The molecule has 88 valence electrons. The normalized spacial score (nSPS) is 37.2. The van der Waals surface area contributed by atoms with E-state index in [2.05, 4.69) is 18.9 Å². The van der Waals surface area contributed by atoms with Gasteiger partial charge in [-0.2, -0.15) is 0 Å². The van der Waals surface area contributed by atoms with Gasteiger partial charge in [0.2, 0.25) is 0 Å². The summed E-state index contributed by atoms with van der Waals surface area (Å²) < 4.78 is 0. The average Bonchev–Trinajstić information content (AvgIpc) is 3.12. The molecule has 0 aromatic carbocycles. The fourth-order valence-corrected chi connectivity index (χ4v) is 3.31. The summed E-state index contributed by atoms with van der Waals surface area (Å²) in [6.45, 7) is 3.19. The molecule has 2 heteroatoms. The fourth-order valence-electron chi connectivity index (χ4n) is 3.31. The number of likely N-dealkylation sites (N-methyl/N-ethyl adjacent to an activating group) is 1. The SMILES string of the molecule is CCC1CCCC(CN)(N(C)C2CC2)C1. The maximum atomic E-state index is 6.08. The topological polar surface area (TPSA) is 29.3 Å². The van der Waals surface area contributed by atoms with E-state index in [0.29, 0.717) is 5.54 Å². The summed E-state index contributed by atoms with van der Waals surface area (Å²) in [6, 6.07) is 0.851. The van der Waals surface area contributed by atoms with Crippen LogP contribution in [0.25, 0.3) is 0 Å². The number of nitrogens with two attached hydrogens (primary N) is 1. The van der Waals surface area contributed by atoms with E-state index in [1.165, 1.54) is 44.9 Å². The van der Waals surface area contributed by atoms with Gasteiger partial charge in [-0.05, 0) is 38.6 Å². The first-order chi connectivity index (χ1) is 7.22. The van der Waals surface area contributed by atoms with Crippen LogP contribution in [-0.2, 0) is 0 Å². The van der Waals surface area contributed by atoms with Crippen molar-refractivity contribution in [1.29, 1.82) is 0 Å². The molecular weight excluding hydrogens is 184 g/mol. The van der Waals surface area contributed by atoms with Crippen molar-refractivity contribution in [2.24, 2.45) is 11.7 Å². The summed E-state index contributed by atoms with van der Waals surface area (Å²) in [5.74, 6) is 0.920. The van der Waals surface area contributed by atoms with Crippen molar-refractivity contribution in [2.45, 2.75) is 63.5 Å². The van der Waals surface area contributed by atoms with Crippen LogP contribution < -0.4 is 5.73 Å². The molecule has 15 heavy (non-hydrogen) atoms. The summed E-state index contributed by atoms with van der Waals surface area (Å²) in [6.07, 6.45) is 9.61. The zero-order valence-electron chi connectivity index (χ0n) is 10.3. The second kappa shape index (κ2) is 4.42. The Kier molecular flexibility index (Phi) is 3.36. The van der Waals surface area contributed by atoms with Crippen molar-refractivity contribution in [2.75, 3.05) is 13.6 Å². The number of hydrogen-bond acceptors (Lipinski definition) is 2. The minimum Gasteiger partial charge on any atom is -0.329 e. The maximum absolute atomic E-state index is 6.08. The Hall–Kier alpha value is -0.0800. The van der Waals surface area contributed by atoms with E-state index in [4.69, 9.17) is 5.73 Å². The quantitative estimate of drug-likeness (QED) is 0.772. The maximum Gasteiger partial charge on any atom is 0.0334 e. The molecule has 2 saturated carbocycles. The molecular formula is C13H26N2. The van der Waals surface area contributed by atoms with Crippen LogP contribution in [0.2, 0.25) is 0 Å². The Morgan fingerprint density at radius 2 is 2.07 bits per heavy atom. The molecule has 0 radical (unpaired) electrons. The summed E-state index contributed by atoms with van der Waals surface area (Å²) in [4.78, 5) is 2.62. The molecule has 0 aromatic heterocycles. The van der Waals surface area contributed by atoms with Gasteiger partial charge in [-0.1, -0.05) is 26.2 Å². The summed E-state index contributed by atoms with van der Waals surface area (Å²) in [5.41, 5.74) is 6.43. The molecule has 0 spiro atoms. The third kappa shape index (κ3) is 2.21. The lowest BCUT2D eigenvalue weighted by Gasteiger charge is -2.47. The van der Waals surface area contributed by atoms with Crippen LogP contribution in [0.3, 0.4) is 0 Å². The Balaban J connectivity index is 2.04. The third-order valence-electron chi connectivity index (χ3n) is 4.72. The minimum absolute atomic E-state index is 0.347. The van der Waals surface area contributed by atoms with Gasteiger partial charge < -0.3 is 5.73 Å². The van der Waals surface area contributed by atoms with Crippen LogP contribution in [0.5, 0.6) is 0 Å². The Morgan fingerprint density at radius 1 is 1.33 bits per heavy atom. The highest BCUT2D eigenvalue weighted by atomic mass is 15.2. The third-order valence-corrected chi connectivity index (χ3v) is 4.72. The molecule has 0 saturated heterocycles. The zero-order valence-corrected chi connectivity index (χ0v) is 10.3. The van der Waals surface area contributed by atoms with Gasteiger partial charge in [-0.25, -0.2) is 0 Å². The van der Waals surface area contributed by atoms with Crippen molar-refractivity contribution in [3.8, 4) is 0 Å². The van der Waals surface area contributed by atoms with Gasteiger partial charge in [0.1, 0.15) is 0 Å². The zero-order chi connectivity index (χ0) is 10.9. The molecule has 0 heterocycles. The van der Waals surface area contributed by atoms with Gasteiger partial charge in [-0.3, -0.25) is 4.90 Å². The van der Waals surface area contributed by atoms with Gasteiger partial charge in [0.05, 0.1) is 0 Å². The van der Waals surface area contributed by atoms with Crippen molar-refractivity contribution >= 4 is 0 Å². The molecule has 0 aliphatic heterocycles. The van der Waals surface area contributed by atoms with Crippen LogP contribution in [0.15, 0.2) is 0 Å². The first kappa shape index (κ1) is 11.4. The average molecular weight is 210 g/mol. The second-order valence-electron chi connectivity index (χ2n) is 5.64. The Labute approximate surface area is 94.2 Å². The number of nitrogens with zero attached hydrogens (tertiary/aromatic N) is 1. The summed E-state index contributed by atoms with van der Waals surface area (Å²) >= 11 is 0. The van der Waals surface area contributed by atoms with E-state index in [9.17, 15) is 0 Å². The molecule has 2 rings (SSSR count). The molecule has 0 aromatic rings. The van der Waals surface area contributed by atoms with Crippen LogP contribution in [0, 0.1) is 5.92 Å². The number of rotatable bonds is 4. The number of hydrogen-bond donors (Lipinski definition) is 1. The predicted molar refractivity (Wildman–Crippen MR) is 64.8 cm³/mol. The molecule has 0 amide bonds. The lowest BCUT2D eigenvalue weighted by molar-refractivity contribution is 0.0501. The lowest BCUT2D eigenvalue weighted by atomic mass is 9.73. The Morgan fingerprint density at radius 3 is 2.60 bits per heavy atom. The smallest absolute Gasteiger partial charge is 0.0334 e. The first-order valence-corrected chi connectivity index (χ1v) is 6.65. The highest BCUT2D eigenvalue weighted by Gasteiger charge is 2.43. The molecule has 2 atom stereocenters. The van der Waals surface area contributed by atoms with E-state index in [0.717, 1.165) is 18.5 Å². The largest absolute Gasteiger partial charge is 0.329 e. The highest BCUT2D eigenvalue weighted by molar-refractivity contribution is 5.00. The lowest BCUT2D eigenvalue weighted by Crippen LogP contribution is -2.55. The molecule has 2 fully saturated rings. The van der Waals surface area contributed by atoms with Gasteiger partial charge in [0.15, 0.2) is 0 Å². The summed E-state index contributed by atoms with van der Waals surface area (Å²) in [7, 11) is 2.31. The van der Waals surface area contributed by atoms with E-state index < -0.39 is 0 Å². The van der Waals surface area contributed by atoms with Gasteiger partial charge >= 0.3 is 0 Å². The first-order valence-electron chi connectivity index (χ1n) is 6.65. The van der Waals surface area contributed by atoms with Gasteiger partial charge in [0, 0.05) is 18.1 Å². The van der Waals surface area contributed by atoms with Crippen molar-refractivity contribution in [3.05, 3.63) is 0 Å². The van der Waals surface area contributed by atoms with E-state index >= 15 is 0 Å². The molecule has 2 aliphatic rings. The predicted octanol–water partition coefficient (Wildman–Crippen LogP) is 2.38. The van der Waals surface area contributed by atoms with E-state index in [1.54, 1.807) is 0 Å². The molecule has 2 aliphatic carbocycles. The van der Waals surface area contributed by atoms with Crippen molar-refractivity contribution in [3.63, 3.8) is 0 Å². The molecule has 2 N–H and O–H groups in total. The van der Waals surface area contributed by atoms with Crippen LogP contribution >= 0.6 is 0 Å². The van der Waals surface area contributed by atoms with Gasteiger partial charge in [0.25, 0.3) is 0 Å². The Bertz CT molecular complexity index is 213. The van der Waals surface area contributed by atoms with Crippen molar-refractivity contribution in [1.82, 2.24) is 4.90 Å². The van der Waals surface area contributed by atoms with Gasteiger partial charge in [-0.15, -0.1) is 0 Å². The molecule has 2 unspecified atom stereocenters.